The lowest BCUT2D eigenvalue weighted by Crippen LogP contribution is -2.39. The highest BCUT2D eigenvalue weighted by Gasteiger charge is 2.34. The molecule has 3 aromatic rings. The molecule has 1 aliphatic rings. The van der Waals surface area contributed by atoms with Gasteiger partial charge in [-0.2, -0.15) is 5.01 Å². The molecule has 1 saturated heterocycles. The first kappa shape index (κ1) is 20.4. The van der Waals surface area contributed by atoms with Crippen LogP contribution in [-0.2, 0) is 11.4 Å². The second-order valence-electron chi connectivity index (χ2n) is 6.87. The van der Waals surface area contributed by atoms with E-state index in [1.807, 2.05) is 54.9 Å². The number of hydrogen-bond donors (Lipinski definition) is 0. The van der Waals surface area contributed by atoms with Gasteiger partial charge in [-0.25, -0.2) is 4.39 Å². The third-order valence-corrected chi connectivity index (χ3v) is 6.00. The van der Waals surface area contributed by atoms with Crippen molar-refractivity contribution in [2.45, 2.75) is 20.5 Å². The first-order valence-corrected chi connectivity index (χ1v) is 10.6. The van der Waals surface area contributed by atoms with E-state index in [-0.39, 0.29) is 11.7 Å². The number of carbonyl (C=O) groups excluding carboxylic acids is 1. The quantitative estimate of drug-likeness (QED) is 0.397. The number of aromatic nitrogens is 1. The van der Waals surface area contributed by atoms with Crippen molar-refractivity contribution in [3.05, 3.63) is 93.9 Å². The summed E-state index contributed by atoms with van der Waals surface area (Å²) in [7, 11) is 0. The number of thiocarbonyl (C=S) groups is 1. The van der Waals surface area contributed by atoms with Gasteiger partial charge in [-0.1, -0.05) is 42.1 Å². The van der Waals surface area contributed by atoms with Gasteiger partial charge in [-0.05, 0) is 68.0 Å². The van der Waals surface area contributed by atoms with E-state index in [2.05, 4.69) is 0 Å². The molecule has 0 spiro atoms. The van der Waals surface area contributed by atoms with Gasteiger partial charge in [-0.3, -0.25) is 9.47 Å². The maximum absolute atomic E-state index is 13.1. The lowest BCUT2D eigenvalue weighted by atomic mass is 10.2. The molecule has 4 nitrogen and oxygen atoms in total. The Kier molecular flexibility index (Phi) is 5.74. The third kappa shape index (κ3) is 4.04. The summed E-state index contributed by atoms with van der Waals surface area (Å²) in [5.74, 6) is 0.190. The zero-order valence-corrected chi connectivity index (χ0v) is 18.1. The Hall–Kier alpha value is -2.90. The molecule has 2 heterocycles. The van der Waals surface area contributed by atoms with E-state index in [0.717, 1.165) is 22.5 Å². The maximum Gasteiger partial charge on any atom is 0.285 e. The van der Waals surface area contributed by atoms with Gasteiger partial charge >= 0.3 is 0 Å². The topological polar surface area (TPSA) is 34.5 Å². The number of amides is 1. The number of thioether (sulfide) groups is 1. The molecule has 152 valence electrons. The molecule has 1 fully saturated rings. The highest BCUT2D eigenvalue weighted by atomic mass is 32.2. The predicted octanol–water partition coefficient (Wildman–Crippen LogP) is 5.36. The Morgan fingerprint density at radius 3 is 2.40 bits per heavy atom. The van der Waals surface area contributed by atoms with Crippen LogP contribution in [-0.4, -0.2) is 14.9 Å². The minimum absolute atomic E-state index is 0.166. The summed E-state index contributed by atoms with van der Waals surface area (Å²) in [5, 5.41) is 1.53. The van der Waals surface area contributed by atoms with Crippen LogP contribution in [0, 0.1) is 19.7 Å². The van der Waals surface area contributed by atoms with Gasteiger partial charge in [0.25, 0.3) is 5.91 Å². The standard InChI is InChI=1S/C23H19FN2O2S2/c1-15-7-8-16(2)25(15)26-22(27)21(30-23(26)29)13-18-5-3-4-6-20(18)28-14-17-9-11-19(24)12-10-17/h3-13H,14H2,1-2H3/b21-13-. The average molecular weight is 439 g/mol. The molecule has 0 unspecified atom stereocenters. The maximum atomic E-state index is 13.1. The molecule has 1 aromatic heterocycles. The monoisotopic (exact) mass is 438 g/mol. The zero-order chi connectivity index (χ0) is 21.3. The number of rotatable bonds is 5. The lowest BCUT2D eigenvalue weighted by molar-refractivity contribution is -0.114. The lowest BCUT2D eigenvalue weighted by Gasteiger charge is -2.20. The van der Waals surface area contributed by atoms with Crippen LogP contribution < -0.4 is 9.75 Å². The van der Waals surface area contributed by atoms with Crippen LogP contribution in [0.1, 0.15) is 22.5 Å². The Labute approximate surface area is 183 Å². The Morgan fingerprint density at radius 1 is 1.03 bits per heavy atom. The largest absolute Gasteiger partial charge is 0.488 e. The Bertz CT molecular complexity index is 1130. The van der Waals surface area contributed by atoms with E-state index in [1.165, 1.54) is 28.9 Å². The molecule has 0 N–H and O–H groups in total. The van der Waals surface area contributed by atoms with Gasteiger partial charge in [0, 0.05) is 17.0 Å². The summed E-state index contributed by atoms with van der Waals surface area (Å²) < 4.78 is 21.3. The van der Waals surface area contributed by atoms with Crippen LogP contribution >= 0.6 is 24.0 Å². The summed E-state index contributed by atoms with van der Waals surface area (Å²) in [5.41, 5.74) is 3.51. The second kappa shape index (κ2) is 8.45. The molecular weight excluding hydrogens is 419 g/mol. The number of para-hydroxylation sites is 1. The van der Waals surface area contributed by atoms with Crippen molar-refractivity contribution in [2.75, 3.05) is 5.01 Å². The highest BCUT2D eigenvalue weighted by Crippen LogP contribution is 2.34. The summed E-state index contributed by atoms with van der Waals surface area (Å²) in [6.45, 7) is 4.18. The average Bonchev–Trinajstić information content (AvgIpc) is 3.20. The van der Waals surface area contributed by atoms with Crippen LogP contribution in [0.5, 0.6) is 5.75 Å². The second-order valence-corrected chi connectivity index (χ2v) is 8.55. The van der Waals surface area contributed by atoms with Crippen LogP contribution in [0.25, 0.3) is 6.08 Å². The number of aryl methyl sites for hydroxylation is 2. The van der Waals surface area contributed by atoms with Gasteiger partial charge in [0.15, 0.2) is 4.32 Å². The number of nitrogens with zero attached hydrogens (tertiary/aromatic N) is 2. The molecule has 30 heavy (non-hydrogen) atoms. The van der Waals surface area contributed by atoms with E-state index >= 15 is 0 Å². The predicted molar refractivity (Wildman–Crippen MR) is 122 cm³/mol. The highest BCUT2D eigenvalue weighted by molar-refractivity contribution is 8.27. The summed E-state index contributed by atoms with van der Waals surface area (Å²) in [6, 6.07) is 17.6. The molecule has 0 aliphatic carbocycles. The van der Waals surface area contributed by atoms with Crippen molar-refractivity contribution in [2.24, 2.45) is 0 Å². The van der Waals surface area contributed by atoms with Crippen LogP contribution in [0.4, 0.5) is 4.39 Å². The molecule has 4 rings (SSSR count). The molecule has 0 saturated carbocycles. The molecular formula is C23H19FN2O2S2. The van der Waals surface area contributed by atoms with E-state index in [0.29, 0.717) is 21.6 Å². The van der Waals surface area contributed by atoms with Crippen molar-refractivity contribution in [1.82, 2.24) is 4.68 Å². The van der Waals surface area contributed by atoms with Gasteiger partial charge < -0.3 is 4.74 Å². The van der Waals surface area contributed by atoms with Crippen molar-refractivity contribution in [1.29, 1.82) is 0 Å². The fourth-order valence-electron chi connectivity index (χ4n) is 3.22. The smallest absolute Gasteiger partial charge is 0.285 e. The summed E-state index contributed by atoms with van der Waals surface area (Å²) in [6.07, 6.45) is 1.80. The zero-order valence-electron chi connectivity index (χ0n) is 16.5. The Morgan fingerprint density at radius 2 is 1.70 bits per heavy atom. The molecule has 0 bridgehead atoms. The van der Waals surface area contributed by atoms with E-state index < -0.39 is 0 Å². The normalized spacial score (nSPS) is 15.3. The van der Waals surface area contributed by atoms with Crippen molar-refractivity contribution < 1.29 is 13.9 Å². The number of halogens is 1. The third-order valence-electron chi connectivity index (χ3n) is 4.72. The van der Waals surface area contributed by atoms with Crippen LogP contribution in [0.15, 0.2) is 65.6 Å². The summed E-state index contributed by atoms with van der Waals surface area (Å²) >= 11 is 6.75. The van der Waals surface area contributed by atoms with Gasteiger partial charge in [0.2, 0.25) is 0 Å². The minimum atomic E-state index is -0.283. The first-order chi connectivity index (χ1) is 14.4. The van der Waals surface area contributed by atoms with Crippen molar-refractivity contribution in [3.8, 4) is 5.75 Å². The SMILES string of the molecule is Cc1ccc(C)n1N1C(=O)/C(=C/c2ccccc2OCc2ccc(F)cc2)SC1=S. The van der Waals surface area contributed by atoms with Gasteiger partial charge in [0.05, 0.1) is 4.91 Å². The van der Waals surface area contributed by atoms with Gasteiger partial charge in [-0.15, -0.1) is 0 Å². The fourth-order valence-corrected chi connectivity index (χ4v) is 4.45. The van der Waals surface area contributed by atoms with Gasteiger partial charge in [0.1, 0.15) is 18.2 Å². The minimum Gasteiger partial charge on any atom is -0.488 e. The number of hydrogen-bond acceptors (Lipinski definition) is 4. The van der Waals surface area contributed by atoms with Crippen molar-refractivity contribution >= 4 is 40.3 Å². The molecule has 0 atom stereocenters. The molecule has 7 heteroatoms. The van der Waals surface area contributed by atoms with Crippen LogP contribution in [0.3, 0.4) is 0 Å². The molecule has 0 radical (unpaired) electrons. The van der Waals surface area contributed by atoms with E-state index in [4.69, 9.17) is 17.0 Å². The fraction of sp³-hybridized carbons (Fsp3) is 0.130. The molecule has 1 amide bonds. The van der Waals surface area contributed by atoms with E-state index in [9.17, 15) is 9.18 Å². The Balaban J connectivity index is 1.58. The van der Waals surface area contributed by atoms with Crippen LogP contribution in [0.2, 0.25) is 0 Å². The first-order valence-electron chi connectivity index (χ1n) is 9.33. The number of benzene rings is 2. The number of ether oxygens (including phenoxy) is 1. The summed E-state index contributed by atoms with van der Waals surface area (Å²) in [4.78, 5) is 13.6. The van der Waals surface area contributed by atoms with Crippen molar-refractivity contribution in [3.63, 3.8) is 0 Å². The molecule has 2 aromatic carbocycles. The van der Waals surface area contributed by atoms with E-state index in [1.54, 1.807) is 18.2 Å². The number of carbonyl (C=O) groups is 1. The molecule has 1 aliphatic heterocycles.